The predicted octanol–water partition coefficient (Wildman–Crippen LogP) is 1.34. The van der Waals surface area contributed by atoms with Crippen LogP contribution in [0.3, 0.4) is 0 Å². The number of hydrogen-bond acceptors (Lipinski definition) is 5. The molecule has 1 aliphatic rings. The maximum absolute atomic E-state index is 10.7. The van der Waals surface area contributed by atoms with Crippen molar-refractivity contribution in [1.29, 1.82) is 0 Å². The number of nitrogens with one attached hydrogen (secondary N) is 1. The second-order valence-corrected chi connectivity index (χ2v) is 4.74. The molecule has 2 heterocycles. The van der Waals surface area contributed by atoms with Gasteiger partial charge in [-0.15, -0.1) is 0 Å². The van der Waals surface area contributed by atoms with Gasteiger partial charge in [0.2, 0.25) is 0 Å². The fourth-order valence-electron chi connectivity index (χ4n) is 2.39. The van der Waals surface area contributed by atoms with Crippen LogP contribution in [0.4, 0.5) is 11.5 Å². The summed E-state index contributed by atoms with van der Waals surface area (Å²) in [7, 11) is 1.96. The van der Waals surface area contributed by atoms with Crippen LogP contribution in [-0.4, -0.2) is 36.6 Å². The summed E-state index contributed by atoms with van der Waals surface area (Å²) >= 11 is 0. The number of rotatable bonds is 4. The number of nitrogens with zero attached hydrogens (tertiary/aromatic N) is 3. The van der Waals surface area contributed by atoms with Crippen LogP contribution in [0.5, 0.6) is 0 Å². The summed E-state index contributed by atoms with van der Waals surface area (Å²) in [5.41, 5.74) is 0.756. The van der Waals surface area contributed by atoms with Gasteiger partial charge in [0.25, 0.3) is 5.69 Å². The molecule has 1 aromatic rings. The van der Waals surface area contributed by atoms with Crippen molar-refractivity contribution in [1.82, 2.24) is 10.3 Å². The number of anilines is 1. The van der Waals surface area contributed by atoms with Crippen LogP contribution in [0.25, 0.3) is 0 Å². The third kappa shape index (κ3) is 2.59. The lowest BCUT2D eigenvalue weighted by Crippen LogP contribution is -2.25. The monoisotopic (exact) mass is 250 g/mol. The number of pyridine rings is 1. The normalized spacial score (nSPS) is 19.2. The van der Waals surface area contributed by atoms with E-state index in [1.807, 2.05) is 7.05 Å². The summed E-state index contributed by atoms with van der Waals surface area (Å²) in [6, 6.07) is 1.81. The van der Waals surface area contributed by atoms with E-state index >= 15 is 0 Å². The lowest BCUT2D eigenvalue weighted by molar-refractivity contribution is -0.385. The summed E-state index contributed by atoms with van der Waals surface area (Å²) in [4.78, 5) is 16.7. The highest BCUT2D eigenvalue weighted by Crippen LogP contribution is 2.25. The maximum atomic E-state index is 10.7. The molecule has 1 atom stereocenters. The van der Waals surface area contributed by atoms with Gasteiger partial charge >= 0.3 is 0 Å². The summed E-state index contributed by atoms with van der Waals surface area (Å²) in [5, 5.41) is 13.9. The van der Waals surface area contributed by atoms with E-state index < -0.39 is 0 Å². The first-order valence-electron chi connectivity index (χ1n) is 6.12. The molecule has 98 valence electrons. The highest BCUT2D eigenvalue weighted by molar-refractivity contribution is 5.49. The Morgan fingerprint density at radius 3 is 3.06 bits per heavy atom. The molecule has 1 aromatic heterocycles. The van der Waals surface area contributed by atoms with Gasteiger partial charge in [0, 0.05) is 18.7 Å². The fourth-order valence-corrected chi connectivity index (χ4v) is 2.39. The molecule has 1 fully saturated rings. The molecule has 6 nitrogen and oxygen atoms in total. The Morgan fingerprint density at radius 2 is 2.44 bits per heavy atom. The number of nitro groups is 1. The minimum atomic E-state index is -0.389. The van der Waals surface area contributed by atoms with Gasteiger partial charge in [-0.1, -0.05) is 0 Å². The molecular formula is C12H18N4O2. The van der Waals surface area contributed by atoms with Crippen molar-refractivity contribution in [2.45, 2.75) is 13.3 Å². The quantitative estimate of drug-likeness (QED) is 0.645. The number of aromatic nitrogens is 1. The average molecular weight is 250 g/mol. The van der Waals surface area contributed by atoms with Crippen LogP contribution < -0.4 is 10.2 Å². The largest absolute Gasteiger partial charge is 0.356 e. The van der Waals surface area contributed by atoms with E-state index in [1.54, 1.807) is 13.0 Å². The van der Waals surface area contributed by atoms with Gasteiger partial charge in [-0.05, 0) is 38.9 Å². The third-order valence-electron chi connectivity index (χ3n) is 3.37. The molecule has 0 radical (unpaired) electrons. The fraction of sp³-hybridized carbons (Fsp3) is 0.583. The van der Waals surface area contributed by atoms with E-state index in [1.165, 1.54) is 6.20 Å². The van der Waals surface area contributed by atoms with E-state index in [2.05, 4.69) is 15.2 Å². The molecule has 0 aliphatic carbocycles. The first kappa shape index (κ1) is 12.8. The maximum Gasteiger partial charge on any atom is 0.290 e. The van der Waals surface area contributed by atoms with Crippen molar-refractivity contribution >= 4 is 11.5 Å². The van der Waals surface area contributed by atoms with E-state index in [4.69, 9.17) is 0 Å². The van der Waals surface area contributed by atoms with Crippen molar-refractivity contribution in [2.75, 3.05) is 31.6 Å². The second-order valence-electron chi connectivity index (χ2n) is 4.74. The standard InChI is InChI=1S/C12H18N4O2/c1-9-5-12(14-7-11(9)16(17)18)15-4-3-10(8-15)6-13-2/h5,7,10,13H,3-4,6,8H2,1-2H3. The van der Waals surface area contributed by atoms with Gasteiger partial charge in [0.05, 0.1) is 4.92 Å². The number of hydrogen-bond donors (Lipinski definition) is 1. The zero-order valence-electron chi connectivity index (χ0n) is 10.7. The molecule has 1 N–H and O–H groups in total. The lowest BCUT2D eigenvalue weighted by Gasteiger charge is -2.17. The van der Waals surface area contributed by atoms with Crippen molar-refractivity contribution in [2.24, 2.45) is 5.92 Å². The minimum Gasteiger partial charge on any atom is -0.356 e. The smallest absolute Gasteiger partial charge is 0.290 e. The Bertz CT molecular complexity index is 450. The first-order valence-corrected chi connectivity index (χ1v) is 6.12. The molecule has 0 saturated carbocycles. The van der Waals surface area contributed by atoms with E-state index in [0.717, 1.165) is 31.9 Å². The predicted molar refractivity (Wildman–Crippen MR) is 69.9 cm³/mol. The van der Waals surface area contributed by atoms with Crippen molar-refractivity contribution in [3.8, 4) is 0 Å². The summed E-state index contributed by atoms with van der Waals surface area (Å²) in [6.07, 6.45) is 2.49. The van der Waals surface area contributed by atoms with Crippen LogP contribution in [0.2, 0.25) is 0 Å². The molecule has 0 spiro atoms. The van der Waals surface area contributed by atoms with Crippen molar-refractivity contribution in [3.63, 3.8) is 0 Å². The highest BCUT2D eigenvalue weighted by Gasteiger charge is 2.24. The van der Waals surface area contributed by atoms with Gasteiger partial charge in [-0.3, -0.25) is 10.1 Å². The van der Waals surface area contributed by atoms with Crippen LogP contribution in [-0.2, 0) is 0 Å². The van der Waals surface area contributed by atoms with Crippen LogP contribution in [0.1, 0.15) is 12.0 Å². The van der Waals surface area contributed by atoms with Gasteiger partial charge in [-0.25, -0.2) is 4.98 Å². The molecule has 1 saturated heterocycles. The Morgan fingerprint density at radius 1 is 1.67 bits per heavy atom. The van der Waals surface area contributed by atoms with Gasteiger partial charge in [0.15, 0.2) is 0 Å². The average Bonchev–Trinajstić information content (AvgIpc) is 2.77. The van der Waals surface area contributed by atoms with E-state index in [9.17, 15) is 10.1 Å². The van der Waals surface area contributed by atoms with E-state index in [0.29, 0.717) is 11.5 Å². The molecule has 0 aromatic carbocycles. The zero-order valence-corrected chi connectivity index (χ0v) is 10.7. The van der Waals surface area contributed by atoms with Gasteiger partial charge in [0.1, 0.15) is 12.0 Å². The van der Waals surface area contributed by atoms with Crippen LogP contribution >= 0.6 is 0 Å². The third-order valence-corrected chi connectivity index (χ3v) is 3.37. The molecule has 0 bridgehead atoms. The highest BCUT2D eigenvalue weighted by atomic mass is 16.6. The van der Waals surface area contributed by atoms with Crippen LogP contribution in [0, 0.1) is 23.0 Å². The minimum absolute atomic E-state index is 0.0877. The SMILES string of the molecule is CNCC1CCN(c2cc(C)c([N+](=O)[O-])cn2)C1. The molecule has 18 heavy (non-hydrogen) atoms. The summed E-state index contributed by atoms with van der Waals surface area (Å²) < 4.78 is 0. The molecular weight excluding hydrogens is 232 g/mol. The van der Waals surface area contributed by atoms with E-state index in [-0.39, 0.29) is 10.6 Å². The Balaban J connectivity index is 2.11. The van der Waals surface area contributed by atoms with Crippen LogP contribution in [0.15, 0.2) is 12.3 Å². The molecule has 1 unspecified atom stereocenters. The molecule has 2 rings (SSSR count). The zero-order chi connectivity index (χ0) is 13.1. The summed E-state index contributed by atoms with van der Waals surface area (Å²) in [6.45, 7) is 4.69. The number of aryl methyl sites for hydroxylation is 1. The Hall–Kier alpha value is -1.69. The van der Waals surface area contributed by atoms with Crippen molar-refractivity contribution < 1.29 is 4.92 Å². The Labute approximate surface area is 106 Å². The molecule has 1 aliphatic heterocycles. The lowest BCUT2D eigenvalue weighted by atomic mass is 10.1. The topological polar surface area (TPSA) is 71.3 Å². The van der Waals surface area contributed by atoms with Gasteiger partial charge < -0.3 is 10.2 Å². The summed E-state index contributed by atoms with van der Waals surface area (Å²) in [5.74, 6) is 1.48. The Kier molecular flexibility index (Phi) is 3.76. The first-order chi connectivity index (χ1) is 8.61. The molecule has 6 heteroatoms. The van der Waals surface area contributed by atoms with Crippen molar-refractivity contribution in [3.05, 3.63) is 27.9 Å². The van der Waals surface area contributed by atoms with Gasteiger partial charge in [-0.2, -0.15) is 0 Å². The molecule has 0 amide bonds. The second kappa shape index (κ2) is 5.30.